The summed E-state index contributed by atoms with van der Waals surface area (Å²) in [5.74, 6) is 0.610. The monoisotopic (exact) mass is 432 g/mol. The number of hydrogen-bond donors (Lipinski definition) is 0. The zero-order valence-corrected chi connectivity index (χ0v) is 17.8. The van der Waals surface area contributed by atoms with Gasteiger partial charge in [0.15, 0.2) is 26.1 Å². The molecule has 0 unspecified atom stereocenters. The smallest absolute Gasteiger partial charge is 0.279 e. The van der Waals surface area contributed by atoms with Crippen molar-refractivity contribution < 1.29 is 22.7 Å². The second kappa shape index (κ2) is 8.22. The zero-order chi connectivity index (χ0) is 21.2. The minimum absolute atomic E-state index is 0.0725. The van der Waals surface area contributed by atoms with Crippen LogP contribution in [0.2, 0.25) is 0 Å². The number of sulfone groups is 1. The number of hydrogen-bond acceptors (Lipinski definition) is 6. The largest absolute Gasteiger partial charge is 0.493 e. The van der Waals surface area contributed by atoms with Crippen LogP contribution in [0.5, 0.6) is 11.5 Å². The Labute approximate surface area is 172 Å². The minimum atomic E-state index is -3.42. The van der Waals surface area contributed by atoms with Crippen molar-refractivity contribution in [2.24, 2.45) is 4.99 Å². The van der Waals surface area contributed by atoms with Crippen LogP contribution < -0.4 is 14.3 Å². The lowest BCUT2D eigenvalue weighted by Crippen LogP contribution is -2.16. The van der Waals surface area contributed by atoms with E-state index >= 15 is 0 Å². The molecule has 152 valence electrons. The van der Waals surface area contributed by atoms with Gasteiger partial charge < -0.3 is 14.0 Å². The van der Waals surface area contributed by atoms with E-state index in [1.54, 1.807) is 20.3 Å². The summed E-state index contributed by atoms with van der Waals surface area (Å²) in [5, 5.41) is 0. The first-order chi connectivity index (χ1) is 13.8. The van der Waals surface area contributed by atoms with Crippen molar-refractivity contribution in [3.05, 3.63) is 59.4 Å². The van der Waals surface area contributed by atoms with Crippen LogP contribution in [0.25, 0.3) is 10.2 Å². The van der Waals surface area contributed by atoms with Crippen molar-refractivity contribution in [2.45, 2.75) is 11.4 Å². The van der Waals surface area contributed by atoms with Gasteiger partial charge in [-0.25, -0.2) is 8.42 Å². The number of nitrogens with zero attached hydrogens (tertiary/aromatic N) is 2. The molecule has 0 saturated carbocycles. The average molecular weight is 433 g/mol. The molecule has 0 saturated heterocycles. The normalized spacial score (nSPS) is 12.2. The Kier molecular flexibility index (Phi) is 5.90. The molecule has 0 radical (unpaired) electrons. The van der Waals surface area contributed by atoms with E-state index in [4.69, 9.17) is 9.47 Å². The number of benzene rings is 2. The Morgan fingerprint density at radius 1 is 1.21 bits per heavy atom. The molecular weight excluding hydrogens is 412 g/mol. The first-order valence-electron chi connectivity index (χ1n) is 8.54. The van der Waals surface area contributed by atoms with E-state index < -0.39 is 15.7 Å². The van der Waals surface area contributed by atoms with Crippen LogP contribution in [-0.4, -0.2) is 39.4 Å². The quantitative estimate of drug-likeness (QED) is 0.559. The third-order valence-electron chi connectivity index (χ3n) is 4.21. The summed E-state index contributed by atoms with van der Waals surface area (Å²) >= 11 is 1.32. The summed E-state index contributed by atoms with van der Waals surface area (Å²) in [6.07, 6.45) is 2.80. The summed E-state index contributed by atoms with van der Waals surface area (Å²) in [7, 11) is -0.315. The molecule has 0 spiro atoms. The molecule has 9 heteroatoms. The zero-order valence-electron chi connectivity index (χ0n) is 16.2. The molecule has 7 nitrogen and oxygen atoms in total. The van der Waals surface area contributed by atoms with Gasteiger partial charge in [0.1, 0.15) is 0 Å². The third kappa shape index (κ3) is 4.25. The fourth-order valence-corrected chi connectivity index (χ4v) is 4.51. The lowest BCUT2D eigenvalue weighted by atomic mass is 10.2. The molecule has 0 aliphatic carbocycles. The lowest BCUT2D eigenvalue weighted by Gasteiger charge is -2.08. The Balaban J connectivity index is 2.18. The van der Waals surface area contributed by atoms with Gasteiger partial charge in [0.05, 0.1) is 29.3 Å². The molecule has 0 aliphatic heterocycles. The highest BCUT2D eigenvalue weighted by Gasteiger charge is 2.14. The number of carbonyl (C=O) groups excluding carboxylic acids is 1. The van der Waals surface area contributed by atoms with Crippen LogP contribution in [0.3, 0.4) is 0 Å². The minimum Gasteiger partial charge on any atom is -0.493 e. The Morgan fingerprint density at radius 3 is 2.52 bits per heavy atom. The molecule has 3 rings (SSSR count). The third-order valence-corrected chi connectivity index (χ3v) is 6.36. The standard InChI is InChI=1S/C20H20N2O5S2/c1-5-9-22-15-11-16(26-2)17(27-3)12-18(15)28-20(22)21-19(23)13-7-6-8-14(10-13)29(4,24)25/h5-8,10-12H,1,9H2,2-4H3. The van der Waals surface area contributed by atoms with E-state index in [0.717, 1.165) is 16.5 Å². The number of fused-ring (bicyclic) bond motifs is 1. The van der Waals surface area contributed by atoms with Crippen LogP contribution in [0.1, 0.15) is 10.4 Å². The maximum Gasteiger partial charge on any atom is 0.279 e. The number of ether oxygens (including phenoxy) is 2. The fraction of sp³-hybridized carbons (Fsp3) is 0.200. The SMILES string of the molecule is C=CCn1c(=NC(=O)c2cccc(S(C)(=O)=O)c2)sc2cc(OC)c(OC)cc21. The van der Waals surface area contributed by atoms with E-state index in [0.29, 0.717) is 22.8 Å². The summed E-state index contributed by atoms with van der Waals surface area (Å²) in [4.78, 5) is 17.5. The van der Waals surface area contributed by atoms with Crippen molar-refractivity contribution in [3.63, 3.8) is 0 Å². The van der Waals surface area contributed by atoms with E-state index in [1.807, 2.05) is 16.7 Å². The molecule has 1 heterocycles. The topological polar surface area (TPSA) is 87.0 Å². The van der Waals surface area contributed by atoms with Gasteiger partial charge in [-0.3, -0.25) is 4.79 Å². The molecule has 2 aromatic carbocycles. The summed E-state index contributed by atoms with van der Waals surface area (Å²) < 4.78 is 36.9. The molecule has 29 heavy (non-hydrogen) atoms. The number of rotatable bonds is 6. The predicted octanol–water partition coefficient (Wildman–Crippen LogP) is 3.05. The summed E-state index contributed by atoms with van der Waals surface area (Å²) in [6.45, 7) is 4.21. The lowest BCUT2D eigenvalue weighted by molar-refractivity contribution is 0.0997. The summed E-state index contributed by atoms with van der Waals surface area (Å²) in [6, 6.07) is 9.49. The van der Waals surface area contributed by atoms with Crippen molar-refractivity contribution in [2.75, 3.05) is 20.5 Å². The summed E-state index contributed by atoms with van der Waals surface area (Å²) in [5.41, 5.74) is 1.02. The van der Waals surface area contributed by atoms with Crippen LogP contribution in [-0.2, 0) is 16.4 Å². The maximum absolute atomic E-state index is 12.7. The fourth-order valence-electron chi connectivity index (χ4n) is 2.80. The number of methoxy groups -OCH3 is 2. The van der Waals surface area contributed by atoms with Crippen molar-refractivity contribution in [1.29, 1.82) is 0 Å². The van der Waals surface area contributed by atoms with Crippen LogP contribution in [0.4, 0.5) is 0 Å². The predicted molar refractivity (Wildman–Crippen MR) is 113 cm³/mol. The van der Waals surface area contributed by atoms with Crippen LogP contribution >= 0.6 is 11.3 Å². The Morgan fingerprint density at radius 2 is 1.90 bits per heavy atom. The van der Waals surface area contributed by atoms with Gasteiger partial charge in [0, 0.05) is 30.5 Å². The maximum atomic E-state index is 12.7. The molecule has 0 fully saturated rings. The van der Waals surface area contributed by atoms with Crippen molar-refractivity contribution in [1.82, 2.24) is 4.57 Å². The van der Waals surface area contributed by atoms with Gasteiger partial charge in [-0.2, -0.15) is 4.99 Å². The number of carbonyl (C=O) groups is 1. The van der Waals surface area contributed by atoms with E-state index in [9.17, 15) is 13.2 Å². The highest BCUT2D eigenvalue weighted by Crippen LogP contribution is 2.33. The van der Waals surface area contributed by atoms with Gasteiger partial charge in [0.25, 0.3) is 5.91 Å². The van der Waals surface area contributed by atoms with E-state index in [1.165, 1.54) is 35.6 Å². The van der Waals surface area contributed by atoms with Crippen LogP contribution in [0.15, 0.2) is 58.9 Å². The molecule has 0 N–H and O–H groups in total. The average Bonchev–Trinajstić information content (AvgIpc) is 3.02. The number of allylic oxidation sites excluding steroid dienone is 1. The molecule has 1 amide bonds. The molecule has 0 aliphatic rings. The van der Waals surface area contributed by atoms with Gasteiger partial charge in [-0.05, 0) is 18.2 Å². The molecule has 3 aromatic rings. The van der Waals surface area contributed by atoms with Gasteiger partial charge in [-0.1, -0.05) is 23.5 Å². The number of aromatic nitrogens is 1. The van der Waals surface area contributed by atoms with Crippen molar-refractivity contribution >= 4 is 37.3 Å². The Bertz CT molecular complexity index is 1270. The Hall–Kier alpha value is -2.91. The van der Waals surface area contributed by atoms with Crippen LogP contribution in [0, 0.1) is 0 Å². The first-order valence-corrected chi connectivity index (χ1v) is 11.2. The molecule has 0 atom stereocenters. The number of thiazole rings is 1. The highest BCUT2D eigenvalue weighted by molar-refractivity contribution is 7.90. The van der Waals surface area contributed by atoms with Crippen molar-refractivity contribution in [3.8, 4) is 11.5 Å². The second-order valence-electron chi connectivity index (χ2n) is 6.18. The van der Waals surface area contributed by atoms with E-state index in [2.05, 4.69) is 11.6 Å². The van der Waals surface area contributed by atoms with E-state index in [-0.39, 0.29) is 10.5 Å². The van der Waals surface area contributed by atoms with Gasteiger partial charge in [0.2, 0.25) is 0 Å². The van der Waals surface area contributed by atoms with Gasteiger partial charge in [-0.15, -0.1) is 6.58 Å². The number of amides is 1. The first kappa shape index (κ1) is 20.8. The van der Waals surface area contributed by atoms with Gasteiger partial charge >= 0.3 is 0 Å². The molecule has 1 aromatic heterocycles. The molecular formula is C20H20N2O5S2. The highest BCUT2D eigenvalue weighted by atomic mass is 32.2. The molecule has 0 bridgehead atoms. The second-order valence-corrected chi connectivity index (χ2v) is 9.20.